The van der Waals surface area contributed by atoms with Gasteiger partial charge in [0.25, 0.3) is 0 Å². The molecule has 0 spiro atoms. The summed E-state index contributed by atoms with van der Waals surface area (Å²) in [4.78, 5) is 30.5. The lowest BCUT2D eigenvalue weighted by molar-refractivity contribution is -0.142. The molecule has 11 nitrogen and oxygen atoms in total. The molecule has 0 saturated heterocycles. The number of carbonyl (C=O) groups is 2. The number of rotatable bonds is 12. The number of benzene rings is 3. The van der Waals surface area contributed by atoms with E-state index in [0.717, 1.165) is 5.56 Å². The lowest BCUT2D eigenvalue weighted by Gasteiger charge is -2.33. The summed E-state index contributed by atoms with van der Waals surface area (Å²) < 4.78 is 29.9. The first-order valence-electron chi connectivity index (χ1n) is 14.0. The van der Waals surface area contributed by atoms with Crippen LogP contribution in [0.3, 0.4) is 0 Å². The van der Waals surface area contributed by atoms with Gasteiger partial charge in [-0.2, -0.15) is 4.80 Å². The molecule has 4 rings (SSSR count). The van der Waals surface area contributed by atoms with Crippen molar-refractivity contribution < 1.29 is 28.2 Å². The zero-order valence-corrected chi connectivity index (χ0v) is 25.7. The van der Waals surface area contributed by atoms with Crippen LogP contribution in [0, 0.1) is 5.82 Å². The molecule has 232 valence electrons. The SMILES string of the molecule is COc1ccc(-c2nnn(CC(=O)N(CCc3ccc(OC)c(OC)c3)C(C(=O)NC(C)(C)C)c3ccc(F)cc3)n2)cc1. The molecule has 1 aromatic heterocycles. The maximum atomic E-state index is 14.0. The van der Waals surface area contributed by atoms with E-state index in [-0.39, 0.29) is 13.1 Å². The first kappa shape index (κ1) is 31.9. The van der Waals surface area contributed by atoms with Gasteiger partial charge in [0.15, 0.2) is 11.5 Å². The molecule has 0 aliphatic heterocycles. The molecule has 4 aromatic rings. The maximum absolute atomic E-state index is 14.0. The molecule has 1 N–H and O–H groups in total. The van der Waals surface area contributed by atoms with Crippen LogP contribution in [0.1, 0.15) is 37.9 Å². The van der Waals surface area contributed by atoms with Crippen LogP contribution in [-0.4, -0.2) is 70.3 Å². The molecule has 12 heteroatoms. The fourth-order valence-corrected chi connectivity index (χ4v) is 4.62. The molecule has 2 amide bonds. The zero-order chi connectivity index (χ0) is 31.9. The number of hydrogen-bond acceptors (Lipinski definition) is 8. The highest BCUT2D eigenvalue weighted by atomic mass is 19.1. The Hall–Kier alpha value is -5.00. The van der Waals surface area contributed by atoms with Gasteiger partial charge in [0.05, 0.1) is 21.3 Å². The number of methoxy groups -OCH3 is 3. The van der Waals surface area contributed by atoms with Gasteiger partial charge in [-0.05, 0) is 92.1 Å². The Bertz CT molecular complexity index is 1570. The van der Waals surface area contributed by atoms with Crippen LogP contribution in [0.4, 0.5) is 4.39 Å². The van der Waals surface area contributed by atoms with Crippen molar-refractivity contribution in [3.05, 3.63) is 83.7 Å². The number of tetrazole rings is 1. The Kier molecular flexibility index (Phi) is 10.1. The van der Waals surface area contributed by atoms with E-state index in [0.29, 0.717) is 40.6 Å². The topological polar surface area (TPSA) is 121 Å². The normalized spacial score (nSPS) is 11.9. The molecule has 44 heavy (non-hydrogen) atoms. The second kappa shape index (κ2) is 14.0. The van der Waals surface area contributed by atoms with Crippen LogP contribution in [0.2, 0.25) is 0 Å². The number of ether oxygens (including phenoxy) is 3. The predicted octanol–water partition coefficient (Wildman–Crippen LogP) is 4.23. The Labute approximate surface area is 255 Å². The molecule has 0 bridgehead atoms. The van der Waals surface area contributed by atoms with E-state index in [1.807, 2.05) is 32.9 Å². The summed E-state index contributed by atoms with van der Waals surface area (Å²) in [6.07, 6.45) is 0.383. The van der Waals surface area contributed by atoms with Crippen LogP contribution in [-0.2, 0) is 22.6 Å². The lowest BCUT2D eigenvalue weighted by Crippen LogP contribution is -2.50. The number of hydrogen-bond donors (Lipinski definition) is 1. The van der Waals surface area contributed by atoms with Gasteiger partial charge in [-0.15, -0.1) is 10.2 Å². The second-order valence-corrected chi connectivity index (χ2v) is 11.1. The molecule has 0 saturated carbocycles. The summed E-state index contributed by atoms with van der Waals surface area (Å²) in [6.45, 7) is 5.41. The van der Waals surface area contributed by atoms with Gasteiger partial charge in [0.1, 0.15) is 24.2 Å². The summed E-state index contributed by atoms with van der Waals surface area (Å²) in [5.74, 6) is 0.839. The molecular formula is C32H37FN6O5. The molecule has 3 aromatic carbocycles. The minimum atomic E-state index is -1.06. The van der Waals surface area contributed by atoms with Crippen molar-refractivity contribution in [3.8, 4) is 28.6 Å². The molecule has 0 aliphatic carbocycles. The number of amides is 2. The van der Waals surface area contributed by atoms with Crippen LogP contribution in [0.15, 0.2) is 66.7 Å². The van der Waals surface area contributed by atoms with Crippen molar-refractivity contribution in [2.45, 2.75) is 45.3 Å². The fourth-order valence-electron chi connectivity index (χ4n) is 4.62. The van der Waals surface area contributed by atoms with E-state index in [1.165, 1.54) is 34.0 Å². The van der Waals surface area contributed by atoms with E-state index >= 15 is 0 Å². The lowest BCUT2D eigenvalue weighted by atomic mass is 10.0. The molecular weight excluding hydrogens is 567 g/mol. The van der Waals surface area contributed by atoms with Gasteiger partial charge in [0.2, 0.25) is 17.6 Å². The van der Waals surface area contributed by atoms with E-state index in [4.69, 9.17) is 14.2 Å². The number of nitrogens with one attached hydrogen (secondary N) is 1. The average Bonchev–Trinajstić information content (AvgIpc) is 3.47. The van der Waals surface area contributed by atoms with Crippen molar-refractivity contribution in [1.29, 1.82) is 0 Å². The van der Waals surface area contributed by atoms with Gasteiger partial charge < -0.3 is 24.4 Å². The molecule has 0 radical (unpaired) electrons. The third-order valence-electron chi connectivity index (χ3n) is 6.73. The van der Waals surface area contributed by atoms with Crippen LogP contribution in [0.25, 0.3) is 11.4 Å². The van der Waals surface area contributed by atoms with Crippen molar-refractivity contribution in [2.24, 2.45) is 0 Å². The number of aromatic nitrogens is 4. The molecule has 1 heterocycles. The standard InChI is InChI=1S/C32H37FN6O5/c1-32(2,3)34-31(41)29(22-8-12-24(33)13-9-22)38(18-17-21-7-16-26(43-5)27(19-21)44-6)28(40)20-39-36-30(35-37-39)23-10-14-25(42-4)15-11-23/h7-16,19,29H,17-18,20H2,1-6H3,(H,34,41). The highest BCUT2D eigenvalue weighted by Gasteiger charge is 2.33. The minimum absolute atomic E-state index is 0.147. The zero-order valence-electron chi connectivity index (χ0n) is 25.7. The smallest absolute Gasteiger partial charge is 0.247 e. The van der Waals surface area contributed by atoms with Crippen molar-refractivity contribution in [1.82, 2.24) is 30.4 Å². The Morgan fingerprint density at radius 2 is 1.61 bits per heavy atom. The summed E-state index contributed by atoms with van der Waals surface area (Å²) in [7, 11) is 4.68. The fraction of sp³-hybridized carbons (Fsp3) is 0.344. The van der Waals surface area contributed by atoms with Gasteiger partial charge in [0, 0.05) is 17.6 Å². The highest BCUT2D eigenvalue weighted by Crippen LogP contribution is 2.29. The molecule has 1 unspecified atom stereocenters. The monoisotopic (exact) mass is 604 g/mol. The van der Waals surface area contributed by atoms with E-state index in [1.54, 1.807) is 51.7 Å². The summed E-state index contributed by atoms with van der Waals surface area (Å²) in [5.41, 5.74) is 1.42. The summed E-state index contributed by atoms with van der Waals surface area (Å²) >= 11 is 0. The van der Waals surface area contributed by atoms with Crippen molar-refractivity contribution in [3.63, 3.8) is 0 Å². The minimum Gasteiger partial charge on any atom is -0.497 e. The van der Waals surface area contributed by atoms with E-state index in [9.17, 15) is 14.0 Å². The third kappa shape index (κ3) is 8.09. The summed E-state index contributed by atoms with van der Waals surface area (Å²) in [6, 6.07) is 17.1. The third-order valence-corrected chi connectivity index (χ3v) is 6.73. The second-order valence-electron chi connectivity index (χ2n) is 11.1. The largest absolute Gasteiger partial charge is 0.497 e. The van der Waals surface area contributed by atoms with Gasteiger partial charge >= 0.3 is 0 Å². The maximum Gasteiger partial charge on any atom is 0.247 e. The molecule has 1 atom stereocenters. The molecule has 0 aliphatic rings. The van der Waals surface area contributed by atoms with E-state index in [2.05, 4.69) is 20.7 Å². The van der Waals surface area contributed by atoms with Crippen LogP contribution < -0.4 is 19.5 Å². The number of carbonyl (C=O) groups excluding carboxylic acids is 2. The predicted molar refractivity (Wildman–Crippen MR) is 162 cm³/mol. The quantitative estimate of drug-likeness (QED) is 0.255. The van der Waals surface area contributed by atoms with Crippen LogP contribution in [0.5, 0.6) is 17.2 Å². The highest BCUT2D eigenvalue weighted by molar-refractivity contribution is 5.89. The van der Waals surface area contributed by atoms with Gasteiger partial charge in [-0.1, -0.05) is 18.2 Å². The van der Waals surface area contributed by atoms with Crippen LogP contribution >= 0.6 is 0 Å². The number of halogens is 1. The van der Waals surface area contributed by atoms with Gasteiger partial charge in [-0.3, -0.25) is 9.59 Å². The Morgan fingerprint density at radius 3 is 2.23 bits per heavy atom. The van der Waals surface area contributed by atoms with Crippen molar-refractivity contribution >= 4 is 11.8 Å². The first-order chi connectivity index (χ1) is 21.0. The average molecular weight is 605 g/mol. The van der Waals surface area contributed by atoms with Gasteiger partial charge in [-0.25, -0.2) is 4.39 Å². The summed E-state index contributed by atoms with van der Waals surface area (Å²) in [5, 5.41) is 15.6. The number of nitrogens with zero attached hydrogens (tertiary/aromatic N) is 5. The first-order valence-corrected chi connectivity index (χ1v) is 14.0. The molecule has 0 fully saturated rings. The van der Waals surface area contributed by atoms with E-state index < -0.39 is 29.2 Å². The van der Waals surface area contributed by atoms with Crippen molar-refractivity contribution in [2.75, 3.05) is 27.9 Å². The Morgan fingerprint density at radius 1 is 0.932 bits per heavy atom. The Balaban J connectivity index is 1.67.